The topological polar surface area (TPSA) is 33.5 Å². The van der Waals surface area contributed by atoms with Crippen LogP contribution in [0.15, 0.2) is 36.7 Å². The SMILES string of the molecule is COc1ccc(CN2C[C@@H]3CC[C@H](C2)N(CCn2cc(Cl)cn2)C3)cc1. The molecule has 4 heterocycles. The molecule has 0 radical (unpaired) electrons. The minimum Gasteiger partial charge on any atom is -0.497 e. The van der Waals surface area contributed by atoms with Crippen molar-refractivity contribution in [3.8, 4) is 5.75 Å². The molecule has 0 amide bonds. The number of halogens is 1. The summed E-state index contributed by atoms with van der Waals surface area (Å²) in [6.45, 7) is 6.55. The summed E-state index contributed by atoms with van der Waals surface area (Å²) in [7, 11) is 1.72. The zero-order chi connectivity index (χ0) is 17.9. The van der Waals surface area contributed by atoms with Crippen LogP contribution in [0.3, 0.4) is 0 Å². The molecule has 6 heteroatoms. The maximum Gasteiger partial charge on any atom is 0.118 e. The molecule has 0 N–H and O–H groups in total. The Morgan fingerprint density at radius 3 is 2.69 bits per heavy atom. The molecule has 0 aliphatic carbocycles. The zero-order valence-electron chi connectivity index (χ0n) is 15.4. The third-order valence-electron chi connectivity index (χ3n) is 5.69. The summed E-state index contributed by atoms with van der Waals surface area (Å²) in [5, 5.41) is 5.02. The smallest absolute Gasteiger partial charge is 0.118 e. The molecule has 5 rings (SSSR count). The summed E-state index contributed by atoms with van der Waals surface area (Å²) in [6, 6.07) is 9.14. The molecule has 0 saturated carbocycles. The number of rotatable bonds is 6. The van der Waals surface area contributed by atoms with E-state index >= 15 is 0 Å². The quantitative estimate of drug-likeness (QED) is 0.777. The summed E-state index contributed by atoms with van der Waals surface area (Å²) in [6.07, 6.45) is 6.29. The molecule has 140 valence electrons. The van der Waals surface area contributed by atoms with Gasteiger partial charge in [0.2, 0.25) is 0 Å². The second-order valence-corrected chi connectivity index (χ2v) is 7.99. The van der Waals surface area contributed by atoms with Crippen LogP contribution in [0, 0.1) is 5.92 Å². The highest BCUT2D eigenvalue weighted by Crippen LogP contribution is 2.29. The lowest BCUT2D eigenvalue weighted by Gasteiger charge is -2.36. The van der Waals surface area contributed by atoms with E-state index in [1.54, 1.807) is 13.3 Å². The fourth-order valence-electron chi connectivity index (χ4n) is 4.36. The number of nitrogens with zero attached hydrogens (tertiary/aromatic N) is 4. The van der Waals surface area contributed by atoms with Crippen LogP contribution in [0.2, 0.25) is 5.02 Å². The van der Waals surface area contributed by atoms with Gasteiger partial charge in [-0.05, 0) is 36.5 Å². The van der Waals surface area contributed by atoms with Crippen LogP contribution in [0.4, 0.5) is 0 Å². The minimum absolute atomic E-state index is 0.651. The van der Waals surface area contributed by atoms with Gasteiger partial charge in [-0.3, -0.25) is 14.5 Å². The Labute approximate surface area is 160 Å². The standard InChI is InChI=1S/C20H27ClN4O/c1-26-20-6-3-16(4-7-20)11-23-12-17-2-5-19(15-23)24(13-17)8-9-25-14-18(21)10-22-25/h3-4,6-7,10,14,17,19H,2,5,8-9,11-13,15H2,1H3/t17-,19+/m0/s1. The van der Waals surface area contributed by atoms with Crippen LogP contribution in [0.1, 0.15) is 18.4 Å². The van der Waals surface area contributed by atoms with Crippen LogP contribution in [-0.2, 0) is 13.1 Å². The van der Waals surface area contributed by atoms with E-state index in [0.29, 0.717) is 11.1 Å². The highest BCUT2D eigenvalue weighted by atomic mass is 35.5. The van der Waals surface area contributed by atoms with Gasteiger partial charge in [-0.1, -0.05) is 23.7 Å². The first-order chi connectivity index (χ1) is 12.7. The van der Waals surface area contributed by atoms with E-state index in [2.05, 4.69) is 39.2 Å². The molecule has 0 spiro atoms. The van der Waals surface area contributed by atoms with Crippen molar-refractivity contribution in [3.63, 3.8) is 0 Å². The molecule has 3 aliphatic heterocycles. The van der Waals surface area contributed by atoms with E-state index in [1.165, 1.54) is 31.5 Å². The molecule has 2 bridgehead atoms. The van der Waals surface area contributed by atoms with Crippen LogP contribution >= 0.6 is 11.6 Å². The van der Waals surface area contributed by atoms with Gasteiger partial charge in [0, 0.05) is 45.0 Å². The first-order valence-electron chi connectivity index (χ1n) is 9.47. The van der Waals surface area contributed by atoms with E-state index in [9.17, 15) is 0 Å². The van der Waals surface area contributed by atoms with Crippen LogP contribution < -0.4 is 4.74 Å². The second kappa shape index (κ2) is 7.99. The Morgan fingerprint density at radius 1 is 1.12 bits per heavy atom. The molecule has 3 fully saturated rings. The van der Waals surface area contributed by atoms with Gasteiger partial charge in [0.05, 0.1) is 24.9 Å². The summed E-state index contributed by atoms with van der Waals surface area (Å²) in [4.78, 5) is 5.30. The minimum atomic E-state index is 0.651. The highest BCUT2D eigenvalue weighted by molar-refractivity contribution is 6.30. The van der Waals surface area contributed by atoms with Gasteiger partial charge in [-0.2, -0.15) is 5.10 Å². The van der Waals surface area contributed by atoms with Crippen molar-refractivity contribution in [1.82, 2.24) is 19.6 Å². The van der Waals surface area contributed by atoms with Gasteiger partial charge in [0.1, 0.15) is 5.75 Å². The molecule has 1 aromatic carbocycles. The van der Waals surface area contributed by atoms with Gasteiger partial charge >= 0.3 is 0 Å². The second-order valence-electron chi connectivity index (χ2n) is 7.56. The molecule has 0 unspecified atom stereocenters. The Balaban J connectivity index is 1.36. The molecule has 2 aromatic rings. The van der Waals surface area contributed by atoms with E-state index in [1.807, 2.05) is 10.9 Å². The molecule has 5 nitrogen and oxygen atoms in total. The fourth-order valence-corrected chi connectivity index (χ4v) is 4.52. The number of benzene rings is 1. The lowest BCUT2D eigenvalue weighted by atomic mass is 9.95. The monoisotopic (exact) mass is 374 g/mol. The maximum atomic E-state index is 5.97. The molecule has 3 aliphatic rings. The summed E-state index contributed by atoms with van der Waals surface area (Å²) >= 11 is 5.97. The average molecular weight is 375 g/mol. The number of hydrogen-bond acceptors (Lipinski definition) is 4. The average Bonchev–Trinajstić information content (AvgIpc) is 2.88. The van der Waals surface area contributed by atoms with Crippen LogP contribution in [0.5, 0.6) is 5.75 Å². The van der Waals surface area contributed by atoms with E-state index in [-0.39, 0.29) is 0 Å². The van der Waals surface area contributed by atoms with Crippen molar-refractivity contribution >= 4 is 11.6 Å². The molecular weight excluding hydrogens is 348 g/mol. The molecular formula is C20H27ClN4O. The molecule has 2 atom stereocenters. The number of aromatic nitrogens is 2. The highest BCUT2D eigenvalue weighted by Gasteiger charge is 2.34. The van der Waals surface area contributed by atoms with Crippen molar-refractivity contribution in [2.24, 2.45) is 5.92 Å². The van der Waals surface area contributed by atoms with Gasteiger partial charge in [0.25, 0.3) is 0 Å². The molecule has 1 aromatic heterocycles. The normalized spacial score (nSPS) is 23.9. The molecule has 3 saturated heterocycles. The van der Waals surface area contributed by atoms with Crippen molar-refractivity contribution in [3.05, 3.63) is 47.2 Å². The third kappa shape index (κ3) is 4.22. The van der Waals surface area contributed by atoms with Gasteiger partial charge in [-0.15, -0.1) is 0 Å². The Morgan fingerprint density at radius 2 is 1.96 bits per heavy atom. The van der Waals surface area contributed by atoms with E-state index in [0.717, 1.165) is 37.8 Å². The predicted octanol–water partition coefficient (Wildman–Crippen LogP) is 3.14. The van der Waals surface area contributed by atoms with Crippen molar-refractivity contribution in [1.29, 1.82) is 0 Å². The van der Waals surface area contributed by atoms with Gasteiger partial charge < -0.3 is 4.74 Å². The van der Waals surface area contributed by atoms with Crippen LogP contribution in [0.25, 0.3) is 0 Å². The largest absolute Gasteiger partial charge is 0.497 e. The lowest BCUT2D eigenvalue weighted by molar-refractivity contribution is 0.124. The van der Waals surface area contributed by atoms with E-state index < -0.39 is 0 Å². The number of piperidine rings is 1. The molecule has 26 heavy (non-hydrogen) atoms. The van der Waals surface area contributed by atoms with Crippen molar-refractivity contribution in [2.75, 3.05) is 33.3 Å². The summed E-state index contributed by atoms with van der Waals surface area (Å²) < 4.78 is 7.22. The number of hydrogen-bond donors (Lipinski definition) is 0. The Hall–Kier alpha value is -1.56. The third-order valence-corrected chi connectivity index (χ3v) is 5.88. The first kappa shape index (κ1) is 17.8. The number of fused-ring (bicyclic) bond motifs is 4. The zero-order valence-corrected chi connectivity index (χ0v) is 16.1. The maximum absolute atomic E-state index is 5.97. The number of methoxy groups -OCH3 is 1. The predicted molar refractivity (Wildman–Crippen MR) is 104 cm³/mol. The lowest BCUT2D eigenvalue weighted by Crippen LogP contribution is -2.45. The summed E-state index contributed by atoms with van der Waals surface area (Å²) in [5.41, 5.74) is 1.37. The number of ether oxygens (including phenoxy) is 1. The van der Waals surface area contributed by atoms with Crippen LogP contribution in [-0.4, -0.2) is 58.9 Å². The fraction of sp³-hybridized carbons (Fsp3) is 0.550. The van der Waals surface area contributed by atoms with Crippen molar-refractivity contribution < 1.29 is 4.74 Å². The van der Waals surface area contributed by atoms with E-state index in [4.69, 9.17) is 16.3 Å². The summed E-state index contributed by atoms with van der Waals surface area (Å²) in [5.74, 6) is 1.70. The van der Waals surface area contributed by atoms with Gasteiger partial charge in [0.15, 0.2) is 0 Å². The Kier molecular flexibility index (Phi) is 5.48. The first-order valence-corrected chi connectivity index (χ1v) is 9.84. The Bertz CT molecular complexity index is 717. The van der Waals surface area contributed by atoms with Crippen molar-refractivity contribution in [2.45, 2.75) is 32.0 Å². The van der Waals surface area contributed by atoms with Gasteiger partial charge in [-0.25, -0.2) is 0 Å².